The maximum Gasteiger partial charge on any atom is 0.187 e. The van der Waals surface area contributed by atoms with Crippen LogP contribution in [0, 0.1) is 0 Å². The van der Waals surface area contributed by atoms with E-state index in [1.165, 1.54) is 14.2 Å². The Hall–Kier alpha value is -0.440. The van der Waals surface area contributed by atoms with Crippen LogP contribution in [-0.2, 0) is 23.7 Å². The third-order valence-electron chi connectivity index (χ3n) is 4.44. The highest BCUT2D eigenvalue weighted by Crippen LogP contribution is 2.29. The molecule has 2 saturated heterocycles. The molecule has 2 heterocycles. The fourth-order valence-electron chi connectivity index (χ4n) is 3.02. The first-order chi connectivity index (χ1) is 11.9. The summed E-state index contributed by atoms with van der Waals surface area (Å²) in [4.78, 5) is 0. The van der Waals surface area contributed by atoms with Crippen molar-refractivity contribution in [1.29, 1.82) is 0 Å². The van der Waals surface area contributed by atoms with Gasteiger partial charge in [-0.15, -0.1) is 0 Å². The summed E-state index contributed by atoms with van der Waals surface area (Å²) in [5.41, 5.74) is 0. The van der Waals surface area contributed by atoms with Crippen molar-refractivity contribution >= 4 is 0 Å². The van der Waals surface area contributed by atoms with Gasteiger partial charge >= 0.3 is 0 Å². The summed E-state index contributed by atoms with van der Waals surface area (Å²) >= 11 is 0. The Balaban J connectivity index is 2.15. The Labute approximate surface area is 144 Å². The molecule has 10 atom stereocenters. The van der Waals surface area contributed by atoms with E-state index in [1.54, 1.807) is 0 Å². The number of ether oxygens (including phenoxy) is 5. The molecule has 0 bridgehead atoms. The lowest BCUT2D eigenvalue weighted by Crippen LogP contribution is -2.65. The normalized spacial score (nSPS) is 48.5. The van der Waals surface area contributed by atoms with Gasteiger partial charge in [-0.25, -0.2) is 0 Å². The summed E-state index contributed by atoms with van der Waals surface area (Å²) in [5, 5.41) is 59.4. The largest absolute Gasteiger partial charge is 0.394 e. The lowest BCUT2D eigenvalue weighted by atomic mass is 9.97. The molecule has 0 aromatic heterocycles. The van der Waals surface area contributed by atoms with E-state index in [-0.39, 0.29) is 0 Å². The van der Waals surface area contributed by atoms with E-state index >= 15 is 0 Å². The minimum Gasteiger partial charge on any atom is -0.394 e. The second-order valence-electron chi connectivity index (χ2n) is 5.95. The molecule has 0 aliphatic carbocycles. The zero-order valence-electron chi connectivity index (χ0n) is 13.9. The fourth-order valence-corrected chi connectivity index (χ4v) is 3.02. The molecule has 0 spiro atoms. The quantitative estimate of drug-likeness (QED) is 0.269. The maximum absolute atomic E-state index is 10.2. The Morgan fingerprint density at radius 1 is 0.680 bits per heavy atom. The minimum absolute atomic E-state index is 0.513. The molecule has 6 N–H and O–H groups in total. The topological polar surface area (TPSA) is 168 Å². The Bertz CT molecular complexity index is 392. The first-order valence-electron chi connectivity index (χ1n) is 7.85. The molecule has 4 unspecified atom stereocenters. The van der Waals surface area contributed by atoms with E-state index in [0.29, 0.717) is 0 Å². The first kappa shape index (κ1) is 20.9. The summed E-state index contributed by atoms with van der Waals surface area (Å²) in [6.45, 7) is -1.07. The van der Waals surface area contributed by atoms with Gasteiger partial charge in [0.1, 0.15) is 48.8 Å². The van der Waals surface area contributed by atoms with E-state index in [1.807, 2.05) is 0 Å². The van der Waals surface area contributed by atoms with Gasteiger partial charge in [-0.3, -0.25) is 0 Å². The Kier molecular flexibility index (Phi) is 7.49. The Morgan fingerprint density at radius 3 is 1.80 bits per heavy atom. The van der Waals surface area contributed by atoms with Gasteiger partial charge in [0.05, 0.1) is 13.2 Å². The summed E-state index contributed by atoms with van der Waals surface area (Å²) in [5.74, 6) is 0. The van der Waals surface area contributed by atoms with Gasteiger partial charge in [-0.05, 0) is 0 Å². The van der Waals surface area contributed by atoms with Gasteiger partial charge in [-0.2, -0.15) is 0 Å². The summed E-state index contributed by atoms with van der Waals surface area (Å²) in [6.07, 6.45) is -13.0. The van der Waals surface area contributed by atoms with Crippen LogP contribution in [0.1, 0.15) is 0 Å². The summed E-state index contributed by atoms with van der Waals surface area (Å²) < 4.78 is 26.0. The predicted molar refractivity (Wildman–Crippen MR) is 78.2 cm³/mol. The van der Waals surface area contributed by atoms with Crippen LogP contribution in [0.15, 0.2) is 0 Å². The Morgan fingerprint density at radius 2 is 1.28 bits per heavy atom. The van der Waals surface area contributed by atoms with Crippen LogP contribution in [0.2, 0.25) is 0 Å². The summed E-state index contributed by atoms with van der Waals surface area (Å²) in [7, 11) is 2.55. The standard InChI is InChI=1S/C14H26O11/c1-21-11-6(4-16)24-14(9(19)8(11)18)25-12-7(17)5(3-15)23-13(22-2)10(12)20/h5-20H,3-4H2,1-2H3/t5-,6?,7+,8+,9?,10?,11+,12?,13+,14+/m0/s1. The zero-order chi connectivity index (χ0) is 18.7. The van der Waals surface area contributed by atoms with Gasteiger partial charge in [0, 0.05) is 14.2 Å². The highest BCUT2D eigenvalue weighted by atomic mass is 16.7. The average Bonchev–Trinajstić information content (AvgIpc) is 2.62. The maximum atomic E-state index is 10.2. The number of aliphatic hydroxyl groups excluding tert-OH is 6. The van der Waals surface area contributed by atoms with Gasteiger partial charge in [0.2, 0.25) is 0 Å². The average molecular weight is 370 g/mol. The molecular weight excluding hydrogens is 344 g/mol. The molecular formula is C14H26O11. The van der Waals surface area contributed by atoms with Gasteiger partial charge < -0.3 is 54.3 Å². The van der Waals surface area contributed by atoms with Crippen LogP contribution in [0.3, 0.4) is 0 Å². The molecule has 11 nitrogen and oxygen atoms in total. The van der Waals surface area contributed by atoms with Crippen LogP contribution in [-0.4, -0.2) is 119 Å². The highest BCUT2D eigenvalue weighted by molar-refractivity contribution is 4.94. The van der Waals surface area contributed by atoms with Crippen molar-refractivity contribution < 1.29 is 54.3 Å². The molecule has 25 heavy (non-hydrogen) atoms. The summed E-state index contributed by atoms with van der Waals surface area (Å²) in [6, 6.07) is 0. The lowest BCUT2D eigenvalue weighted by molar-refractivity contribution is -0.359. The van der Waals surface area contributed by atoms with Gasteiger partial charge in [0.25, 0.3) is 0 Å². The molecule has 0 aromatic carbocycles. The molecule has 2 aliphatic rings. The number of rotatable bonds is 6. The van der Waals surface area contributed by atoms with E-state index in [4.69, 9.17) is 23.7 Å². The second kappa shape index (κ2) is 8.97. The number of aliphatic hydroxyl groups is 6. The zero-order valence-corrected chi connectivity index (χ0v) is 13.9. The molecule has 2 rings (SSSR count). The second-order valence-corrected chi connectivity index (χ2v) is 5.95. The van der Waals surface area contributed by atoms with Crippen LogP contribution in [0.4, 0.5) is 0 Å². The van der Waals surface area contributed by atoms with Crippen molar-refractivity contribution in [1.82, 2.24) is 0 Å². The van der Waals surface area contributed by atoms with E-state index < -0.39 is 74.6 Å². The van der Waals surface area contributed by atoms with E-state index in [2.05, 4.69) is 0 Å². The van der Waals surface area contributed by atoms with Crippen molar-refractivity contribution in [2.75, 3.05) is 27.4 Å². The number of hydrogen-bond donors (Lipinski definition) is 6. The lowest BCUT2D eigenvalue weighted by Gasteiger charge is -2.46. The van der Waals surface area contributed by atoms with Crippen LogP contribution >= 0.6 is 0 Å². The van der Waals surface area contributed by atoms with Crippen molar-refractivity contribution in [2.24, 2.45) is 0 Å². The third-order valence-corrected chi connectivity index (χ3v) is 4.44. The third kappa shape index (κ3) is 4.12. The molecule has 2 fully saturated rings. The molecule has 0 aromatic rings. The van der Waals surface area contributed by atoms with Crippen LogP contribution in [0.5, 0.6) is 0 Å². The predicted octanol–water partition coefficient (Wildman–Crippen LogP) is -4.09. The number of methoxy groups -OCH3 is 2. The first-order valence-corrected chi connectivity index (χ1v) is 7.85. The molecule has 0 amide bonds. The minimum atomic E-state index is -1.57. The van der Waals surface area contributed by atoms with E-state index in [0.717, 1.165) is 0 Å². The molecule has 148 valence electrons. The van der Waals surface area contributed by atoms with Crippen LogP contribution in [0.25, 0.3) is 0 Å². The molecule has 0 radical (unpaired) electrons. The monoisotopic (exact) mass is 370 g/mol. The van der Waals surface area contributed by atoms with Gasteiger partial charge in [-0.1, -0.05) is 0 Å². The SMILES string of the molecule is CO[C@@H]1O[C@@H](CO)[C@@H](O)C(O[C@H]2OC(CO)[C@@H](OC)[C@H](O)C2O)C1O. The molecule has 0 saturated carbocycles. The van der Waals surface area contributed by atoms with Crippen LogP contribution < -0.4 is 0 Å². The fraction of sp³-hybridized carbons (Fsp3) is 1.00. The van der Waals surface area contributed by atoms with Crippen molar-refractivity contribution in [3.63, 3.8) is 0 Å². The molecule has 2 aliphatic heterocycles. The van der Waals surface area contributed by atoms with Gasteiger partial charge in [0.15, 0.2) is 12.6 Å². The smallest absolute Gasteiger partial charge is 0.187 e. The highest BCUT2D eigenvalue weighted by Gasteiger charge is 2.51. The number of hydrogen-bond acceptors (Lipinski definition) is 11. The van der Waals surface area contributed by atoms with Crippen molar-refractivity contribution in [3.8, 4) is 0 Å². The molecule has 11 heteroatoms. The van der Waals surface area contributed by atoms with E-state index in [9.17, 15) is 30.6 Å². The van der Waals surface area contributed by atoms with Crippen molar-refractivity contribution in [3.05, 3.63) is 0 Å². The van der Waals surface area contributed by atoms with Crippen molar-refractivity contribution in [2.45, 2.75) is 61.4 Å².